The fraction of sp³-hybridized carbons (Fsp3) is 0.471. The molecule has 1 heterocycles. The average molecular weight is 303 g/mol. The number of thioether (sulfide) groups is 1. The normalized spacial score (nSPS) is 12.6. The lowest BCUT2D eigenvalue weighted by molar-refractivity contribution is 0.604. The number of benzene rings is 1. The van der Waals surface area contributed by atoms with E-state index in [1.54, 1.807) is 0 Å². The van der Waals surface area contributed by atoms with E-state index in [0.717, 1.165) is 18.0 Å². The van der Waals surface area contributed by atoms with Crippen LogP contribution < -0.4 is 5.32 Å². The maximum Gasteiger partial charge on any atom is 0.0939 e. The van der Waals surface area contributed by atoms with E-state index in [1.165, 1.54) is 21.7 Å². The predicted molar refractivity (Wildman–Crippen MR) is 91.0 cm³/mol. The Hall–Kier alpha value is -1.26. The van der Waals surface area contributed by atoms with Crippen LogP contribution in [-0.4, -0.2) is 22.1 Å². The molecular weight excluding hydrogens is 278 g/mol. The highest BCUT2D eigenvalue weighted by Gasteiger charge is 2.13. The second-order valence-electron chi connectivity index (χ2n) is 5.51. The van der Waals surface area contributed by atoms with Crippen LogP contribution in [0, 0.1) is 20.8 Å². The Morgan fingerprint density at radius 3 is 2.52 bits per heavy atom. The van der Waals surface area contributed by atoms with E-state index in [1.807, 2.05) is 30.4 Å². The van der Waals surface area contributed by atoms with Gasteiger partial charge >= 0.3 is 0 Å². The van der Waals surface area contributed by atoms with Gasteiger partial charge in [0, 0.05) is 18.8 Å². The highest BCUT2D eigenvalue weighted by atomic mass is 32.2. The van der Waals surface area contributed by atoms with Gasteiger partial charge in [0.05, 0.1) is 10.7 Å². The zero-order chi connectivity index (χ0) is 15.4. The van der Waals surface area contributed by atoms with Crippen molar-refractivity contribution in [3.05, 3.63) is 46.6 Å². The SMILES string of the molecule is CCNC(CSc1cc(C)nn1C)c1ccc(C)c(C)c1. The van der Waals surface area contributed by atoms with Crippen molar-refractivity contribution in [3.63, 3.8) is 0 Å². The summed E-state index contributed by atoms with van der Waals surface area (Å²) >= 11 is 1.86. The van der Waals surface area contributed by atoms with Gasteiger partial charge in [-0.1, -0.05) is 25.1 Å². The summed E-state index contributed by atoms with van der Waals surface area (Å²) in [5, 5.41) is 9.22. The van der Waals surface area contributed by atoms with Crippen molar-refractivity contribution in [2.24, 2.45) is 7.05 Å². The summed E-state index contributed by atoms with van der Waals surface area (Å²) in [6.07, 6.45) is 0. The lowest BCUT2D eigenvalue weighted by atomic mass is 10.0. The number of nitrogens with one attached hydrogen (secondary N) is 1. The molecule has 1 N–H and O–H groups in total. The molecule has 0 aliphatic heterocycles. The largest absolute Gasteiger partial charge is 0.309 e. The molecule has 0 bridgehead atoms. The number of hydrogen-bond donors (Lipinski definition) is 1. The molecule has 0 fully saturated rings. The minimum absolute atomic E-state index is 0.370. The van der Waals surface area contributed by atoms with Crippen LogP contribution in [0.15, 0.2) is 29.3 Å². The van der Waals surface area contributed by atoms with E-state index in [-0.39, 0.29) is 0 Å². The van der Waals surface area contributed by atoms with E-state index in [9.17, 15) is 0 Å². The van der Waals surface area contributed by atoms with Gasteiger partial charge in [-0.15, -0.1) is 11.8 Å². The summed E-state index contributed by atoms with van der Waals surface area (Å²) < 4.78 is 1.96. The zero-order valence-electron chi connectivity index (χ0n) is 13.6. The van der Waals surface area contributed by atoms with Crippen molar-refractivity contribution >= 4 is 11.8 Å². The molecule has 0 amide bonds. The highest BCUT2D eigenvalue weighted by molar-refractivity contribution is 7.99. The van der Waals surface area contributed by atoms with Crippen LogP contribution in [0.3, 0.4) is 0 Å². The van der Waals surface area contributed by atoms with Crippen LogP contribution in [0.1, 0.15) is 35.3 Å². The molecule has 0 aliphatic rings. The van der Waals surface area contributed by atoms with Crippen LogP contribution in [0.4, 0.5) is 0 Å². The molecule has 0 spiro atoms. The van der Waals surface area contributed by atoms with Crippen molar-refractivity contribution in [1.82, 2.24) is 15.1 Å². The Morgan fingerprint density at radius 1 is 1.19 bits per heavy atom. The van der Waals surface area contributed by atoms with Crippen LogP contribution in [0.2, 0.25) is 0 Å². The Bertz CT molecular complexity index is 604. The minimum atomic E-state index is 0.370. The van der Waals surface area contributed by atoms with Crippen LogP contribution in [0.5, 0.6) is 0 Å². The average Bonchev–Trinajstić information content (AvgIpc) is 2.76. The lowest BCUT2D eigenvalue weighted by Crippen LogP contribution is -2.23. The Morgan fingerprint density at radius 2 is 1.95 bits per heavy atom. The number of nitrogens with zero attached hydrogens (tertiary/aromatic N) is 2. The number of aryl methyl sites for hydroxylation is 4. The highest BCUT2D eigenvalue weighted by Crippen LogP contribution is 2.26. The molecule has 4 heteroatoms. The van der Waals surface area contributed by atoms with Gasteiger partial charge in [0.25, 0.3) is 0 Å². The molecular formula is C17H25N3S. The van der Waals surface area contributed by atoms with Crippen molar-refractivity contribution < 1.29 is 0 Å². The molecule has 1 aromatic heterocycles. The van der Waals surface area contributed by atoms with E-state index >= 15 is 0 Å². The Kier molecular flexibility index (Phi) is 5.48. The number of rotatable bonds is 6. The van der Waals surface area contributed by atoms with Gasteiger partial charge in [0.15, 0.2) is 0 Å². The van der Waals surface area contributed by atoms with Crippen LogP contribution in [0.25, 0.3) is 0 Å². The maximum absolute atomic E-state index is 4.41. The topological polar surface area (TPSA) is 29.9 Å². The second-order valence-corrected chi connectivity index (χ2v) is 6.55. The first-order valence-electron chi connectivity index (χ1n) is 7.45. The molecule has 0 saturated heterocycles. The Balaban J connectivity index is 2.11. The molecule has 2 rings (SSSR count). The van der Waals surface area contributed by atoms with Gasteiger partial charge in [-0.2, -0.15) is 5.10 Å². The predicted octanol–water partition coefficient (Wildman–Crippen LogP) is 3.79. The molecule has 2 aromatic rings. The van der Waals surface area contributed by atoms with E-state index < -0.39 is 0 Å². The molecule has 21 heavy (non-hydrogen) atoms. The summed E-state index contributed by atoms with van der Waals surface area (Å²) in [6, 6.07) is 9.28. The third-order valence-electron chi connectivity index (χ3n) is 3.74. The first-order chi connectivity index (χ1) is 10.0. The summed E-state index contributed by atoms with van der Waals surface area (Å²) in [5.74, 6) is 1.01. The van der Waals surface area contributed by atoms with Crippen LogP contribution >= 0.6 is 11.8 Å². The molecule has 0 radical (unpaired) electrons. The second kappa shape index (κ2) is 7.14. The third-order valence-corrected chi connectivity index (χ3v) is 4.92. The van der Waals surface area contributed by atoms with Crippen molar-refractivity contribution in [3.8, 4) is 0 Å². The molecule has 0 saturated carbocycles. The molecule has 1 atom stereocenters. The van der Waals surface area contributed by atoms with E-state index in [2.05, 4.69) is 55.5 Å². The molecule has 1 unspecified atom stereocenters. The summed E-state index contributed by atoms with van der Waals surface area (Å²) in [7, 11) is 2.01. The van der Waals surface area contributed by atoms with Crippen molar-refractivity contribution in [1.29, 1.82) is 0 Å². The summed E-state index contributed by atoms with van der Waals surface area (Å²) in [6.45, 7) is 9.51. The fourth-order valence-corrected chi connectivity index (χ4v) is 3.52. The number of aromatic nitrogens is 2. The monoisotopic (exact) mass is 303 g/mol. The van der Waals surface area contributed by atoms with Gasteiger partial charge in [0.2, 0.25) is 0 Å². The third kappa shape index (κ3) is 4.11. The molecule has 114 valence electrons. The Labute approximate surface area is 132 Å². The minimum Gasteiger partial charge on any atom is -0.309 e. The molecule has 1 aromatic carbocycles. The van der Waals surface area contributed by atoms with E-state index in [4.69, 9.17) is 0 Å². The van der Waals surface area contributed by atoms with Gasteiger partial charge in [-0.25, -0.2) is 0 Å². The first kappa shape index (κ1) is 16.1. The quantitative estimate of drug-likeness (QED) is 0.824. The maximum atomic E-state index is 4.41. The van der Waals surface area contributed by atoms with Gasteiger partial charge in [-0.3, -0.25) is 4.68 Å². The first-order valence-corrected chi connectivity index (χ1v) is 8.43. The smallest absolute Gasteiger partial charge is 0.0939 e. The van der Waals surface area contributed by atoms with Crippen LogP contribution in [-0.2, 0) is 7.05 Å². The molecule has 0 aliphatic carbocycles. The van der Waals surface area contributed by atoms with Gasteiger partial charge in [0.1, 0.15) is 0 Å². The summed E-state index contributed by atoms with van der Waals surface area (Å²) in [5.41, 5.74) is 5.15. The van der Waals surface area contributed by atoms with Gasteiger partial charge in [-0.05, 0) is 50.1 Å². The fourth-order valence-electron chi connectivity index (χ4n) is 2.39. The standard InChI is InChI=1S/C17H25N3S/c1-6-18-16(15-8-7-12(2)13(3)9-15)11-21-17-10-14(4)19-20(17)5/h7-10,16,18H,6,11H2,1-5H3. The van der Waals surface area contributed by atoms with Crippen molar-refractivity contribution in [2.45, 2.75) is 38.8 Å². The lowest BCUT2D eigenvalue weighted by Gasteiger charge is -2.19. The zero-order valence-corrected chi connectivity index (χ0v) is 14.4. The van der Waals surface area contributed by atoms with E-state index in [0.29, 0.717) is 6.04 Å². The number of hydrogen-bond acceptors (Lipinski definition) is 3. The van der Waals surface area contributed by atoms with Gasteiger partial charge < -0.3 is 5.32 Å². The molecule has 3 nitrogen and oxygen atoms in total. The summed E-state index contributed by atoms with van der Waals surface area (Å²) in [4.78, 5) is 0. The van der Waals surface area contributed by atoms with Crippen molar-refractivity contribution in [2.75, 3.05) is 12.3 Å².